The second-order valence-electron chi connectivity index (χ2n) is 6.04. The van der Waals surface area contributed by atoms with Gasteiger partial charge in [0.05, 0.1) is 12.0 Å². The van der Waals surface area contributed by atoms with Crippen LogP contribution in [0.2, 0.25) is 5.02 Å². The number of hydrogen-bond donors (Lipinski definition) is 0. The summed E-state index contributed by atoms with van der Waals surface area (Å²) in [6, 6.07) is 10.6. The summed E-state index contributed by atoms with van der Waals surface area (Å²) in [5, 5.41) is 0.565. The number of pyridine rings is 1. The first kappa shape index (κ1) is 17.2. The van der Waals surface area contributed by atoms with Crippen molar-refractivity contribution in [1.29, 1.82) is 0 Å². The normalized spacial score (nSPS) is 11.2. The molecule has 8 heteroatoms. The van der Waals surface area contributed by atoms with Crippen molar-refractivity contribution in [3.63, 3.8) is 0 Å². The molecule has 0 spiro atoms. The van der Waals surface area contributed by atoms with Crippen LogP contribution in [0.4, 0.5) is 0 Å². The van der Waals surface area contributed by atoms with Crippen molar-refractivity contribution in [3.05, 3.63) is 86.5 Å². The average Bonchev–Trinajstić information content (AvgIpc) is 3.08. The third-order valence-electron chi connectivity index (χ3n) is 4.40. The van der Waals surface area contributed by atoms with Crippen LogP contribution in [0.15, 0.2) is 64.7 Å². The van der Waals surface area contributed by atoms with Gasteiger partial charge in [0.1, 0.15) is 0 Å². The zero-order valence-electron chi connectivity index (χ0n) is 14.5. The summed E-state index contributed by atoms with van der Waals surface area (Å²) in [5.74, 6) is 0. The monoisotopic (exact) mass is 381 g/mol. The molecule has 4 rings (SSSR count). The fourth-order valence-corrected chi connectivity index (χ4v) is 3.21. The van der Waals surface area contributed by atoms with Crippen LogP contribution in [0.5, 0.6) is 0 Å². The lowest BCUT2D eigenvalue weighted by Gasteiger charge is -2.11. The van der Waals surface area contributed by atoms with Crippen molar-refractivity contribution >= 4 is 22.8 Å². The molecule has 1 aromatic carbocycles. The van der Waals surface area contributed by atoms with E-state index in [2.05, 4.69) is 9.97 Å². The quantitative estimate of drug-likeness (QED) is 0.544. The van der Waals surface area contributed by atoms with E-state index >= 15 is 0 Å². The molecule has 0 aliphatic heterocycles. The maximum absolute atomic E-state index is 12.9. The van der Waals surface area contributed by atoms with E-state index in [9.17, 15) is 9.59 Å². The number of imidazole rings is 1. The first-order valence-electron chi connectivity index (χ1n) is 8.45. The molecular formula is C19H16ClN5O2. The van der Waals surface area contributed by atoms with Crippen LogP contribution in [0, 0.1) is 0 Å². The minimum Gasteiger partial charge on any atom is -0.320 e. The summed E-state index contributed by atoms with van der Waals surface area (Å²) in [6.45, 7) is 2.49. The molecule has 4 aromatic rings. The number of halogens is 1. The van der Waals surface area contributed by atoms with Gasteiger partial charge in [-0.2, -0.15) is 0 Å². The lowest BCUT2D eigenvalue weighted by Crippen LogP contribution is -2.39. The molecular weight excluding hydrogens is 366 g/mol. The highest BCUT2D eigenvalue weighted by atomic mass is 35.5. The van der Waals surface area contributed by atoms with Crippen molar-refractivity contribution in [1.82, 2.24) is 23.7 Å². The van der Waals surface area contributed by atoms with E-state index in [0.29, 0.717) is 28.4 Å². The Bertz CT molecular complexity index is 1220. The van der Waals surface area contributed by atoms with E-state index in [1.165, 1.54) is 9.13 Å². The molecule has 0 saturated heterocycles. The summed E-state index contributed by atoms with van der Waals surface area (Å²) >= 11 is 5.97. The summed E-state index contributed by atoms with van der Waals surface area (Å²) < 4.78 is 4.41. The molecule has 0 fully saturated rings. The second-order valence-corrected chi connectivity index (χ2v) is 6.48. The number of hydrogen-bond acceptors (Lipinski definition) is 4. The first-order valence-corrected chi connectivity index (χ1v) is 8.83. The Balaban J connectivity index is 2.00. The largest absolute Gasteiger partial charge is 0.337 e. The lowest BCUT2D eigenvalue weighted by molar-refractivity contribution is 0.655. The van der Waals surface area contributed by atoms with Crippen molar-refractivity contribution in [2.75, 3.05) is 0 Å². The van der Waals surface area contributed by atoms with Crippen LogP contribution in [0.3, 0.4) is 0 Å². The van der Waals surface area contributed by atoms with E-state index in [4.69, 9.17) is 11.6 Å². The standard InChI is InChI=1S/C19H16ClN5O2/c1-2-24-18(26)16-17(22-12-23(16)11-13-7-9-21-10-8-13)25(19(24)27)15-5-3-14(20)4-6-15/h3-10,12H,2,11H2,1H3. The summed E-state index contributed by atoms with van der Waals surface area (Å²) in [5.41, 5.74) is 1.51. The van der Waals surface area contributed by atoms with Crippen molar-refractivity contribution in [2.24, 2.45) is 0 Å². The Morgan fingerprint density at radius 1 is 1.04 bits per heavy atom. The van der Waals surface area contributed by atoms with Crippen molar-refractivity contribution in [3.8, 4) is 5.69 Å². The van der Waals surface area contributed by atoms with Crippen molar-refractivity contribution < 1.29 is 0 Å². The molecule has 0 radical (unpaired) electrons. The van der Waals surface area contributed by atoms with Gasteiger partial charge in [-0.3, -0.25) is 14.3 Å². The lowest BCUT2D eigenvalue weighted by atomic mass is 10.2. The third-order valence-corrected chi connectivity index (χ3v) is 4.66. The van der Waals surface area contributed by atoms with E-state index in [1.54, 1.807) is 54.5 Å². The molecule has 7 nitrogen and oxygen atoms in total. The number of rotatable bonds is 4. The van der Waals surface area contributed by atoms with Crippen LogP contribution in [0.25, 0.3) is 16.9 Å². The number of nitrogens with zero attached hydrogens (tertiary/aromatic N) is 5. The van der Waals surface area contributed by atoms with Crippen LogP contribution in [0.1, 0.15) is 12.5 Å². The fourth-order valence-electron chi connectivity index (χ4n) is 3.09. The molecule has 0 aliphatic carbocycles. The fraction of sp³-hybridized carbons (Fsp3) is 0.158. The van der Waals surface area contributed by atoms with E-state index in [0.717, 1.165) is 5.56 Å². The summed E-state index contributed by atoms with van der Waals surface area (Å²) in [6.07, 6.45) is 4.98. The Kier molecular flexibility index (Phi) is 4.37. The van der Waals surface area contributed by atoms with Gasteiger partial charge in [-0.15, -0.1) is 0 Å². The third kappa shape index (κ3) is 2.96. The minimum atomic E-state index is -0.425. The van der Waals surface area contributed by atoms with E-state index in [-0.39, 0.29) is 12.1 Å². The predicted octanol–water partition coefficient (Wildman–Crippen LogP) is 2.47. The summed E-state index contributed by atoms with van der Waals surface area (Å²) in [7, 11) is 0. The molecule has 3 aromatic heterocycles. The van der Waals surface area contributed by atoms with Crippen LogP contribution in [-0.2, 0) is 13.1 Å². The smallest absolute Gasteiger partial charge is 0.320 e. The van der Waals surface area contributed by atoms with Gasteiger partial charge in [0.2, 0.25) is 0 Å². The number of fused-ring (bicyclic) bond motifs is 1. The summed E-state index contributed by atoms with van der Waals surface area (Å²) in [4.78, 5) is 34.3. The second kappa shape index (κ2) is 6.85. The van der Waals surface area contributed by atoms with Crippen LogP contribution < -0.4 is 11.2 Å². The van der Waals surface area contributed by atoms with Crippen LogP contribution in [-0.4, -0.2) is 23.7 Å². The average molecular weight is 382 g/mol. The maximum atomic E-state index is 12.9. The van der Waals surface area contributed by atoms with E-state index < -0.39 is 5.69 Å². The molecule has 3 heterocycles. The highest BCUT2D eigenvalue weighted by molar-refractivity contribution is 6.30. The van der Waals surface area contributed by atoms with Crippen molar-refractivity contribution in [2.45, 2.75) is 20.0 Å². The number of aromatic nitrogens is 5. The molecule has 136 valence electrons. The Morgan fingerprint density at radius 3 is 2.41 bits per heavy atom. The topological polar surface area (TPSA) is 74.7 Å². The molecule has 0 N–H and O–H groups in total. The highest BCUT2D eigenvalue weighted by Crippen LogP contribution is 2.16. The van der Waals surface area contributed by atoms with Gasteiger partial charge in [0, 0.05) is 30.5 Å². The minimum absolute atomic E-state index is 0.266. The van der Waals surface area contributed by atoms with Gasteiger partial charge in [-0.05, 0) is 48.9 Å². The maximum Gasteiger partial charge on any atom is 0.337 e. The SMILES string of the molecule is CCn1c(=O)c2c(ncn2Cc2ccncc2)n(-c2ccc(Cl)cc2)c1=O. The Morgan fingerprint density at radius 2 is 1.74 bits per heavy atom. The molecule has 0 aliphatic rings. The predicted molar refractivity (Wildman–Crippen MR) is 104 cm³/mol. The highest BCUT2D eigenvalue weighted by Gasteiger charge is 2.18. The van der Waals surface area contributed by atoms with E-state index in [1.807, 2.05) is 12.1 Å². The van der Waals surface area contributed by atoms with Gasteiger partial charge in [0.25, 0.3) is 5.56 Å². The molecule has 0 unspecified atom stereocenters. The van der Waals surface area contributed by atoms with Gasteiger partial charge in [-0.1, -0.05) is 11.6 Å². The molecule has 0 atom stereocenters. The Hall–Kier alpha value is -3.19. The molecule has 0 saturated carbocycles. The zero-order chi connectivity index (χ0) is 19.0. The zero-order valence-corrected chi connectivity index (χ0v) is 15.3. The van der Waals surface area contributed by atoms with Gasteiger partial charge in [-0.25, -0.2) is 14.3 Å². The Labute approximate surface area is 159 Å². The molecule has 27 heavy (non-hydrogen) atoms. The number of benzene rings is 1. The first-order chi connectivity index (χ1) is 13.1. The molecule has 0 amide bonds. The van der Waals surface area contributed by atoms with Crippen LogP contribution >= 0.6 is 11.6 Å². The van der Waals surface area contributed by atoms with Gasteiger partial charge in [0.15, 0.2) is 11.2 Å². The van der Waals surface area contributed by atoms with Gasteiger partial charge >= 0.3 is 5.69 Å². The molecule has 0 bridgehead atoms. The van der Waals surface area contributed by atoms with Gasteiger partial charge < -0.3 is 4.57 Å².